The summed E-state index contributed by atoms with van der Waals surface area (Å²) in [6.45, 7) is 2.32. The molecule has 1 aliphatic rings. The third kappa shape index (κ3) is 4.54. The molecule has 1 fully saturated rings. The van der Waals surface area contributed by atoms with E-state index in [4.69, 9.17) is 9.47 Å². The fourth-order valence-electron chi connectivity index (χ4n) is 3.59. The van der Waals surface area contributed by atoms with Crippen LogP contribution in [-0.2, 0) is 17.8 Å². The van der Waals surface area contributed by atoms with Crippen LogP contribution in [0.1, 0.15) is 18.1 Å². The number of imide groups is 1. The number of nitrogens with zero attached hydrogens (tertiary/aromatic N) is 2. The number of carbonyl (C=O) groups excluding carboxylic acids is 2. The van der Waals surface area contributed by atoms with Gasteiger partial charge in [-0.1, -0.05) is 18.2 Å². The first-order valence-electron chi connectivity index (χ1n) is 9.54. The fourth-order valence-corrected chi connectivity index (χ4v) is 3.59. The van der Waals surface area contributed by atoms with E-state index in [-0.39, 0.29) is 18.4 Å². The maximum atomic E-state index is 13.1. The number of amides is 3. The summed E-state index contributed by atoms with van der Waals surface area (Å²) < 4.78 is 23.6. The Hall–Kier alpha value is -3.13. The Balaban J connectivity index is 1.69. The van der Waals surface area contributed by atoms with Gasteiger partial charge in [-0.2, -0.15) is 0 Å². The van der Waals surface area contributed by atoms with Crippen LogP contribution in [0.4, 0.5) is 9.18 Å². The lowest BCUT2D eigenvalue weighted by Gasteiger charge is -2.25. The van der Waals surface area contributed by atoms with Crippen molar-refractivity contribution in [1.82, 2.24) is 15.1 Å². The van der Waals surface area contributed by atoms with Crippen LogP contribution in [0.2, 0.25) is 0 Å². The number of hydrogen-bond donors (Lipinski definition) is 1. The van der Waals surface area contributed by atoms with E-state index >= 15 is 0 Å². The minimum absolute atomic E-state index is 0.129. The lowest BCUT2D eigenvalue weighted by Crippen LogP contribution is -2.46. The molecule has 0 bridgehead atoms. The van der Waals surface area contributed by atoms with Gasteiger partial charge in [0.05, 0.1) is 20.9 Å². The van der Waals surface area contributed by atoms with Gasteiger partial charge in [0.1, 0.15) is 11.4 Å². The quantitative estimate of drug-likeness (QED) is 0.672. The molecule has 8 heteroatoms. The van der Waals surface area contributed by atoms with E-state index in [0.29, 0.717) is 24.5 Å². The topological polar surface area (TPSA) is 71.1 Å². The molecule has 0 aliphatic carbocycles. The first-order chi connectivity index (χ1) is 14.3. The van der Waals surface area contributed by atoms with Crippen molar-refractivity contribution in [2.45, 2.75) is 25.4 Å². The highest BCUT2D eigenvalue weighted by Gasteiger charge is 2.47. The summed E-state index contributed by atoms with van der Waals surface area (Å²) in [5.41, 5.74) is 0.664. The molecule has 1 saturated heterocycles. The van der Waals surface area contributed by atoms with Gasteiger partial charge in [-0.15, -0.1) is 0 Å². The second-order valence-corrected chi connectivity index (χ2v) is 7.64. The van der Waals surface area contributed by atoms with Crippen LogP contribution in [0, 0.1) is 5.82 Å². The number of benzene rings is 2. The molecule has 0 aromatic heterocycles. The number of methoxy groups -OCH3 is 2. The van der Waals surface area contributed by atoms with Crippen molar-refractivity contribution in [2.75, 3.05) is 27.9 Å². The SMILES string of the molecule is COc1ccc(C[C@@]2(C)NC(=O)N(CN(C)Cc3ccc(F)cc3)C2=O)cc1OC. The molecule has 3 rings (SSSR count). The number of hydrogen-bond acceptors (Lipinski definition) is 5. The normalized spacial score (nSPS) is 18.7. The van der Waals surface area contributed by atoms with Crippen molar-refractivity contribution in [1.29, 1.82) is 0 Å². The van der Waals surface area contributed by atoms with E-state index in [2.05, 4.69) is 5.32 Å². The predicted molar refractivity (Wildman–Crippen MR) is 110 cm³/mol. The predicted octanol–water partition coefficient (Wildman–Crippen LogP) is 2.79. The molecule has 0 spiro atoms. The molecule has 0 radical (unpaired) electrons. The maximum Gasteiger partial charge on any atom is 0.326 e. The Labute approximate surface area is 175 Å². The van der Waals surface area contributed by atoms with E-state index < -0.39 is 11.6 Å². The summed E-state index contributed by atoms with van der Waals surface area (Å²) in [7, 11) is 4.90. The summed E-state index contributed by atoms with van der Waals surface area (Å²) in [5.74, 6) is 0.554. The minimum Gasteiger partial charge on any atom is -0.493 e. The Morgan fingerprint density at radius 3 is 2.30 bits per heavy atom. The first kappa shape index (κ1) is 21.6. The van der Waals surface area contributed by atoms with Gasteiger partial charge in [-0.25, -0.2) is 14.1 Å². The highest BCUT2D eigenvalue weighted by molar-refractivity contribution is 6.06. The van der Waals surface area contributed by atoms with Crippen molar-refractivity contribution >= 4 is 11.9 Å². The second-order valence-electron chi connectivity index (χ2n) is 7.64. The van der Waals surface area contributed by atoms with Crippen LogP contribution in [0.15, 0.2) is 42.5 Å². The summed E-state index contributed by atoms with van der Waals surface area (Å²) >= 11 is 0. The lowest BCUT2D eigenvalue weighted by atomic mass is 9.92. The molecule has 7 nitrogen and oxygen atoms in total. The standard InChI is InChI=1S/C22H26FN3O4/c1-22(12-16-7-10-18(29-3)19(11-16)30-4)20(27)26(21(28)24-22)14-25(2)13-15-5-8-17(23)9-6-15/h5-11H,12-14H2,1-4H3,(H,24,28)/t22-/m1/s1. The molecule has 3 amide bonds. The summed E-state index contributed by atoms with van der Waals surface area (Å²) in [6, 6.07) is 11.1. The zero-order valence-corrected chi connectivity index (χ0v) is 17.6. The van der Waals surface area contributed by atoms with Gasteiger partial charge in [0, 0.05) is 13.0 Å². The fraction of sp³-hybridized carbons (Fsp3) is 0.364. The molecule has 30 heavy (non-hydrogen) atoms. The summed E-state index contributed by atoms with van der Waals surface area (Å²) in [5, 5.41) is 2.81. The largest absolute Gasteiger partial charge is 0.493 e. The van der Waals surface area contributed by atoms with Crippen molar-refractivity contribution in [3.8, 4) is 11.5 Å². The minimum atomic E-state index is -1.06. The smallest absolute Gasteiger partial charge is 0.326 e. The number of nitrogens with one attached hydrogen (secondary N) is 1. The molecule has 160 valence electrons. The Morgan fingerprint density at radius 1 is 1.03 bits per heavy atom. The number of carbonyl (C=O) groups is 2. The van der Waals surface area contributed by atoms with Crippen LogP contribution in [0.25, 0.3) is 0 Å². The van der Waals surface area contributed by atoms with Gasteiger partial charge in [0.25, 0.3) is 5.91 Å². The second kappa shape index (κ2) is 8.71. The number of urea groups is 1. The van der Waals surface area contributed by atoms with E-state index in [1.54, 1.807) is 52.5 Å². The molecule has 2 aromatic carbocycles. The molecule has 0 unspecified atom stereocenters. The van der Waals surface area contributed by atoms with Gasteiger partial charge in [-0.3, -0.25) is 9.69 Å². The van der Waals surface area contributed by atoms with Crippen LogP contribution in [0.5, 0.6) is 11.5 Å². The molecule has 1 aliphatic heterocycles. The number of rotatable bonds is 8. The van der Waals surface area contributed by atoms with E-state index in [9.17, 15) is 14.0 Å². The Kier molecular flexibility index (Phi) is 6.26. The van der Waals surface area contributed by atoms with Crippen molar-refractivity contribution in [2.24, 2.45) is 0 Å². The van der Waals surface area contributed by atoms with Gasteiger partial charge in [-0.05, 0) is 49.4 Å². The monoisotopic (exact) mass is 415 g/mol. The zero-order chi connectivity index (χ0) is 21.9. The van der Waals surface area contributed by atoms with Crippen molar-refractivity contribution in [3.05, 3.63) is 59.4 Å². The molecule has 1 atom stereocenters. The van der Waals surface area contributed by atoms with E-state index in [1.165, 1.54) is 17.0 Å². The molecule has 1 heterocycles. The van der Waals surface area contributed by atoms with E-state index in [0.717, 1.165) is 11.1 Å². The van der Waals surface area contributed by atoms with Crippen LogP contribution in [-0.4, -0.2) is 55.2 Å². The molecular formula is C22H26FN3O4. The summed E-state index contributed by atoms with van der Waals surface area (Å²) in [6.07, 6.45) is 0.316. The van der Waals surface area contributed by atoms with Gasteiger partial charge >= 0.3 is 6.03 Å². The Morgan fingerprint density at radius 2 is 1.67 bits per heavy atom. The van der Waals surface area contributed by atoms with Crippen LogP contribution in [0.3, 0.4) is 0 Å². The average molecular weight is 415 g/mol. The van der Waals surface area contributed by atoms with Gasteiger partial charge in [0.2, 0.25) is 0 Å². The third-order valence-corrected chi connectivity index (χ3v) is 5.10. The van der Waals surface area contributed by atoms with E-state index in [1.807, 2.05) is 11.0 Å². The molecule has 2 aromatic rings. The average Bonchev–Trinajstić information content (AvgIpc) is 2.92. The van der Waals surface area contributed by atoms with Gasteiger partial charge in [0.15, 0.2) is 11.5 Å². The third-order valence-electron chi connectivity index (χ3n) is 5.10. The summed E-state index contributed by atoms with van der Waals surface area (Å²) in [4.78, 5) is 28.6. The van der Waals surface area contributed by atoms with Crippen molar-refractivity contribution in [3.63, 3.8) is 0 Å². The molecular weight excluding hydrogens is 389 g/mol. The highest BCUT2D eigenvalue weighted by atomic mass is 19.1. The molecule has 1 N–H and O–H groups in total. The molecule has 0 saturated carbocycles. The van der Waals surface area contributed by atoms with Crippen molar-refractivity contribution < 1.29 is 23.5 Å². The van der Waals surface area contributed by atoms with Gasteiger partial charge < -0.3 is 14.8 Å². The highest BCUT2D eigenvalue weighted by Crippen LogP contribution is 2.30. The van der Waals surface area contributed by atoms with Crippen LogP contribution < -0.4 is 14.8 Å². The maximum absolute atomic E-state index is 13.1. The first-order valence-corrected chi connectivity index (χ1v) is 9.54. The lowest BCUT2D eigenvalue weighted by molar-refractivity contribution is -0.132. The zero-order valence-electron chi connectivity index (χ0n) is 17.6. The Bertz CT molecular complexity index is 934. The van der Waals surface area contributed by atoms with Crippen LogP contribution >= 0.6 is 0 Å². The number of ether oxygens (including phenoxy) is 2. The number of halogens is 1.